The minimum Gasteiger partial charge on any atom is -0.504 e. The predicted molar refractivity (Wildman–Crippen MR) is 67.2 cm³/mol. The van der Waals surface area contributed by atoms with E-state index in [-0.39, 0.29) is 23.7 Å². The molecular weight excluding hydrogens is 248 g/mol. The normalized spacial score (nSPS) is 22.3. The fourth-order valence-electron chi connectivity index (χ4n) is 2.58. The van der Waals surface area contributed by atoms with Crippen LogP contribution in [0.4, 0.5) is 0 Å². The first kappa shape index (κ1) is 13.4. The third-order valence-electron chi connectivity index (χ3n) is 3.64. The van der Waals surface area contributed by atoms with Crippen molar-refractivity contribution in [3.8, 4) is 11.5 Å². The number of hydrogen-bond donors (Lipinski definition) is 1. The second-order valence-electron chi connectivity index (χ2n) is 4.68. The van der Waals surface area contributed by atoms with Crippen LogP contribution in [0.1, 0.15) is 24.8 Å². The van der Waals surface area contributed by atoms with Crippen molar-refractivity contribution >= 4 is 11.8 Å². The average Bonchev–Trinajstić information content (AvgIpc) is 2.81. The summed E-state index contributed by atoms with van der Waals surface area (Å²) in [4.78, 5) is 23.7. The molecule has 1 aromatic carbocycles. The number of phenolic OH excluding ortho intramolecular Hbond substituents is 1. The van der Waals surface area contributed by atoms with E-state index in [9.17, 15) is 14.7 Å². The molecule has 0 saturated heterocycles. The first-order chi connectivity index (χ1) is 9.03. The van der Waals surface area contributed by atoms with Gasteiger partial charge in [-0.1, -0.05) is 6.07 Å². The second-order valence-corrected chi connectivity index (χ2v) is 4.68. The van der Waals surface area contributed by atoms with Crippen LogP contribution < -0.4 is 4.74 Å². The zero-order chi connectivity index (χ0) is 14.0. The van der Waals surface area contributed by atoms with Gasteiger partial charge in [-0.05, 0) is 24.1 Å². The van der Waals surface area contributed by atoms with Crippen LogP contribution >= 0.6 is 0 Å². The van der Waals surface area contributed by atoms with Crippen molar-refractivity contribution in [3.63, 3.8) is 0 Å². The van der Waals surface area contributed by atoms with Crippen LogP contribution in [0.3, 0.4) is 0 Å². The van der Waals surface area contributed by atoms with Crippen LogP contribution in [-0.2, 0) is 19.7 Å². The monoisotopic (exact) mass is 264 g/mol. The van der Waals surface area contributed by atoms with Gasteiger partial charge in [0.05, 0.1) is 14.2 Å². The van der Waals surface area contributed by atoms with Gasteiger partial charge in [0.15, 0.2) is 11.5 Å². The number of esters is 1. The van der Waals surface area contributed by atoms with Crippen molar-refractivity contribution in [1.82, 2.24) is 0 Å². The van der Waals surface area contributed by atoms with E-state index in [1.54, 1.807) is 12.1 Å². The summed E-state index contributed by atoms with van der Waals surface area (Å²) >= 11 is 0. The highest BCUT2D eigenvalue weighted by Gasteiger charge is 2.47. The first-order valence-corrected chi connectivity index (χ1v) is 6.01. The number of hydrogen-bond acceptors (Lipinski definition) is 5. The molecule has 2 rings (SSSR count). The molecule has 1 aliphatic rings. The van der Waals surface area contributed by atoms with Gasteiger partial charge in [0.25, 0.3) is 0 Å². The molecular formula is C14H16O5. The van der Waals surface area contributed by atoms with Gasteiger partial charge >= 0.3 is 5.97 Å². The number of ether oxygens (including phenoxy) is 2. The third kappa shape index (κ3) is 2.16. The minimum absolute atomic E-state index is 0.00408. The molecule has 5 heteroatoms. The van der Waals surface area contributed by atoms with Crippen molar-refractivity contribution in [1.29, 1.82) is 0 Å². The maximum Gasteiger partial charge on any atom is 0.316 e. The summed E-state index contributed by atoms with van der Waals surface area (Å²) in [5.41, 5.74) is -0.313. The number of carbonyl (C=O) groups is 2. The molecule has 0 radical (unpaired) electrons. The van der Waals surface area contributed by atoms with Gasteiger partial charge in [-0.25, -0.2) is 0 Å². The van der Waals surface area contributed by atoms with E-state index in [1.807, 2.05) is 0 Å². The molecule has 1 fully saturated rings. The fraction of sp³-hybridized carbons (Fsp3) is 0.429. The van der Waals surface area contributed by atoms with E-state index in [0.717, 1.165) is 0 Å². The molecule has 1 N–H and O–H groups in total. The highest BCUT2D eigenvalue weighted by atomic mass is 16.5. The highest BCUT2D eigenvalue weighted by molar-refractivity contribution is 5.95. The average molecular weight is 264 g/mol. The molecule has 1 aliphatic carbocycles. The summed E-state index contributed by atoms with van der Waals surface area (Å²) < 4.78 is 9.89. The predicted octanol–water partition coefficient (Wildman–Crippen LogP) is 1.56. The van der Waals surface area contributed by atoms with Gasteiger partial charge in [0.2, 0.25) is 0 Å². The molecule has 102 valence electrons. The summed E-state index contributed by atoms with van der Waals surface area (Å²) in [7, 11) is 2.74. The van der Waals surface area contributed by atoms with Gasteiger partial charge < -0.3 is 14.6 Å². The number of benzene rings is 1. The lowest BCUT2D eigenvalue weighted by molar-refractivity contribution is -0.148. The molecule has 5 nitrogen and oxygen atoms in total. The zero-order valence-electron chi connectivity index (χ0n) is 10.9. The van der Waals surface area contributed by atoms with E-state index in [0.29, 0.717) is 18.4 Å². The number of Topliss-reactive ketones (excluding diaryl/α,β-unsaturated/α-hetero) is 1. The lowest BCUT2D eigenvalue weighted by Gasteiger charge is -2.26. The number of carbonyl (C=O) groups excluding carboxylic acids is 2. The van der Waals surface area contributed by atoms with E-state index < -0.39 is 11.4 Å². The highest BCUT2D eigenvalue weighted by Crippen LogP contribution is 2.42. The number of ketones is 1. The van der Waals surface area contributed by atoms with E-state index in [4.69, 9.17) is 9.47 Å². The summed E-state index contributed by atoms with van der Waals surface area (Å²) in [6.07, 6.45) is 0.915. The van der Waals surface area contributed by atoms with Crippen molar-refractivity contribution in [2.24, 2.45) is 0 Å². The largest absolute Gasteiger partial charge is 0.504 e. The van der Waals surface area contributed by atoms with Crippen molar-refractivity contribution in [2.75, 3.05) is 14.2 Å². The van der Waals surface area contributed by atoms with Crippen LogP contribution in [0, 0.1) is 0 Å². The van der Waals surface area contributed by atoms with E-state index >= 15 is 0 Å². The molecule has 1 unspecified atom stereocenters. The van der Waals surface area contributed by atoms with Crippen LogP contribution in [-0.4, -0.2) is 31.1 Å². The Hall–Kier alpha value is -2.04. The van der Waals surface area contributed by atoms with E-state index in [2.05, 4.69) is 0 Å². The third-order valence-corrected chi connectivity index (χ3v) is 3.64. The summed E-state index contributed by atoms with van der Waals surface area (Å²) in [6, 6.07) is 4.68. The van der Waals surface area contributed by atoms with Crippen molar-refractivity contribution in [2.45, 2.75) is 24.7 Å². The molecule has 1 saturated carbocycles. The Labute approximate surface area is 111 Å². The molecule has 0 spiro atoms. The Kier molecular flexibility index (Phi) is 3.46. The molecule has 0 heterocycles. The van der Waals surface area contributed by atoms with Crippen LogP contribution in [0.2, 0.25) is 0 Å². The maximum absolute atomic E-state index is 12.1. The quantitative estimate of drug-likeness (QED) is 0.839. The molecule has 19 heavy (non-hydrogen) atoms. The molecule has 1 atom stereocenters. The Morgan fingerprint density at radius 3 is 2.63 bits per heavy atom. The molecule has 1 aromatic rings. The van der Waals surface area contributed by atoms with Crippen molar-refractivity contribution < 1.29 is 24.2 Å². The van der Waals surface area contributed by atoms with Gasteiger partial charge in [-0.2, -0.15) is 0 Å². The van der Waals surface area contributed by atoms with Gasteiger partial charge in [0.1, 0.15) is 11.2 Å². The Bertz CT molecular complexity index is 523. The van der Waals surface area contributed by atoms with Crippen LogP contribution in [0.5, 0.6) is 11.5 Å². The molecule has 0 aliphatic heterocycles. The Morgan fingerprint density at radius 1 is 1.37 bits per heavy atom. The summed E-state index contributed by atoms with van der Waals surface area (Å²) in [5, 5.41) is 9.60. The van der Waals surface area contributed by atoms with Gasteiger partial charge in [0, 0.05) is 12.8 Å². The van der Waals surface area contributed by atoms with Gasteiger partial charge in [-0.15, -0.1) is 0 Å². The smallest absolute Gasteiger partial charge is 0.316 e. The zero-order valence-corrected chi connectivity index (χ0v) is 10.9. The summed E-state index contributed by atoms with van der Waals surface area (Å²) in [5.74, 6) is -0.112. The van der Waals surface area contributed by atoms with Crippen LogP contribution in [0.15, 0.2) is 18.2 Å². The molecule has 0 amide bonds. The molecule has 0 aromatic heterocycles. The Morgan fingerprint density at radius 2 is 2.11 bits per heavy atom. The number of methoxy groups -OCH3 is 2. The molecule has 0 bridgehead atoms. The summed E-state index contributed by atoms with van der Waals surface area (Å²) in [6.45, 7) is 0. The van der Waals surface area contributed by atoms with Crippen LogP contribution in [0.25, 0.3) is 0 Å². The number of rotatable bonds is 3. The SMILES string of the molecule is COC(=O)C1(c2ccc(O)c(OC)c2)CCC(=O)C1. The first-order valence-electron chi connectivity index (χ1n) is 6.01. The topological polar surface area (TPSA) is 72.8 Å². The fourth-order valence-corrected chi connectivity index (χ4v) is 2.58. The van der Waals surface area contributed by atoms with E-state index in [1.165, 1.54) is 20.3 Å². The maximum atomic E-state index is 12.1. The van der Waals surface area contributed by atoms with Crippen molar-refractivity contribution in [3.05, 3.63) is 23.8 Å². The second kappa shape index (κ2) is 4.91. The minimum atomic E-state index is -0.952. The standard InChI is InChI=1S/C14H16O5/c1-18-12-7-9(3-4-11(12)16)14(13(17)19-2)6-5-10(15)8-14/h3-4,7,16H,5-6,8H2,1-2H3. The lowest BCUT2D eigenvalue weighted by Crippen LogP contribution is -2.34. The number of aromatic hydroxyl groups is 1. The lowest BCUT2D eigenvalue weighted by atomic mass is 9.78. The van der Waals surface area contributed by atoms with Gasteiger partial charge in [-0.3, -0.25) is 9.59 Å². The number of phenols is 1. The Balaban J connectivity index is 2.50.